The van der Waals surface area contributed by atoms with Gasteiger partial charge in [-0.1, -0.05) is 42.0 Å². The molecule has 0 fully saturated rings. The van der Waals surface area contributed by atoms with E-state index in [0.717, 1.165) is 16.7 Å². The molecule has 122 valence electrons. The molecule has 0 aliphatic rings. The first-order valence-corrected chi connectivity index (χ1v) is 7.73. The van der Waals surface area contributed by atoms with Crippen LogP contribution in [0.5, 0.6) is 0 Å². The molecule has 24 heavy (non-hydrogen) atoms. The largest absolute Gasteiger partial charge is 2.00 e. The predicted octanol–water partition coefficient (Wildman–Crippen LogP) is 4.86. The van der Waals surface area contributed by atoms with Crippen LogP contribution in [0, 0.1) is 12.5 Å². The Morgan fingerprint density at radius 1 is 1.00 bits per heavy atom. The maximum Gasteiger partial charge on any atom is 2.00 e. The molecule has 0 aliphatic heterocycles. The minimum Gasteiger partial charge on any atom is -0.483 e. The molecule has 2 nitrogen and oxygen atoms in total. The van der Waals surface area contributed by atoms with E-state index in [1.165, 1.54) is 0 Å². The molecule has 0 bridgehead atoms. The second-order valence-electron chi connectivity index (χ2n) is 6.28. The van der Waals surface area contributed by atoms with Gasteiger partial charge in [-0.3, -0.25) is 11.2 Å². The summed E-state index contributed by atoms with van der Waals surface area (Å²) in [7, 11) is 0. The number of hydrogen-bond donors (Lipinski definition) is 0. The van der Waals surface area contributed by atoms with Crippen molar-refractivity contribution in [1.82, 2.24) is 0 Å². The molecule has 0 N–H and O–H groups in total. The first-order valence-electron chi connectivity index (χ1n) is 7.73. The summed E-state index contributed by atoms with van der Waals surface area (Å²) in [4.78, 5) is 11.9. The third-order valence-electron chi connectivity index (χ3n) is 3.07. The van der Waals surface area contributed by atoms with Crippen LogP contribution in [0.4, 0.5) is 0 Å². The quantitative estimate of drug-likeness (QED) is 0.332. The third-order valence-corrected chi connectivity index (χ3v) is 3.07. The molecule has 0 atom stereocenters. The van der Waals surface area contributed by atoms with Gasteiger partial charge in [-0.15, -0.1) is 42.3 Å². The Labute approximate surface area is 159 Å². The molecular formula is C21H22O2Ti. The molecule has 0 unspecified atom stereocenters. The van der Waals surface area contributed by atoms with Crippen LogP contribution in [0.3, 0.4) is 0 Å². The van der Waals surface area contributed by atoms with Crippen molar-refractivity contribution in [3.8, 4) is 0 Å². The fraction of sp³-hybridized carbons (Fsp3) is 0.238. The normalized spacial score (nSPS) is 11.4. The Morgan fingerprint density at radius 2 is 1.54 bits per heavy atom. The predicted molar refractivity (Wildman–Crippen MR) is 93.4 cm³/mol. The molecule has 0 radical (unpaired) electrons. The van der Waals surface area contributed by atoms with Crippen LogP contribution >= 0.6 is 0 Å². The van der Waals surface area contributed by atoms with E-state index in [1.807, 2.05) is 81.4 Å². The number of rotatable bonds is 5. The third kappa shape index (κ3) is 7.20. The van der Waals surface area contributed by atoms with Gasteiger partial charge in [0.15, 0.2) is 5.97 Å². The number of carbonyl (C=O) groups is 1. The van der Waals surface area contributed by atoms with Crippen molar-refractivity contribution >= 4 is 11.5 Å². The van der Waals surface area contributed by atoms with Crippen LogP contribution in [0.25, 0.3) is 5.57 Å². The second-order valence-corrected chi connectivity index (χ2v) is 6.28. The minimum atomic E-state index is -0.479. The van der Waals surface area contributed by atoms with Crippen molar-refractivity contribution in [1.29, 1.82) is 0 Å². The Bertz CT molecular complexity index is 655. The van der Waals surface area contributed by atoms with Crippen molar-refractivity contribution in [3.63, 3.8) is 0 Å². The Balaban J connectivity index is 0.00000288. The molecule has 2 rings (SSSR count). The van der Waals surface area contributed by atoms with Crippen LogP contribution in [0.2, 0.25) is 0 Å². The first-order chi connectivity index (χ1) is 10.9. The Kier molecular flexibility index (Phi) is 8.04. The number of esters is 1. The van der Waals surface area contributed by atoms with E-state index in [1.54, 1.807) is 6.42 Å². The minimum absolute atomic E-state index is 0. The van der Waals surface area contributed by atoms with Gasteiger partial charge in [0.2, 0.25) is 0 Å². The van der Waals surface area contributed by atoms with E-state index in [-0.39, 0.29) is 27.7 Å². The van der Waals surface area contributed by atoms with Gasteiger partial charge in [0.05, 0.1) is 0 Å². The monoisotopic (exact) mass is 354 g/mol. The molecule has 0 aliphatic carbocycles. The van der Waals surface area contributed by atoms with Gasteiger partial charge < -0.3 is 4.74 Å². The number of carbonyl (C=O) groups excluding carboxylic acids is 1. The van der Waals surface area contributed by atoms with Gasteiger partial charge >= 0.3 is 21.7 Å². The van der Waals surface area contributed by atoms with E-state index in [4.69, 9.17) is 4.74 Å². The fourth-order valence-electron chi connectivity index (χ4n) is 2.10. The van der Waals surface area contributed by atoms with E-state index in [2.05, 4.69) is 6.08 Å². The van der Waals surface area contributed by atoms with Crippen LogP contribution in [0.1, 0.15) is 38.3 Å². The second kappa shape index (κ2) is 9.51. The Morgan fingerprint density at radius 3 is 2.08 bits per heavy atom. The summed E-state index contributed by atoms with van der Waals surface area (Å²) < 4.78 is 5.34. The van der Waals surface area contributed by atoms with Gasteiger partial charge in [0.1, 0.15) is 5.60 Å². The van der Waals surface area contributed by atoms with Crippen molar-refractivity contribution in [2.24, 2.45) is 0 Å². The van der Waals surface area contributed by atoms with E-state index in [0.29, 0.717) is 6.42 Å². The topological polar surface area (TPSA) is 26.3 Å². The summed E-state index contributed by atoms with van der Waals surface area (Å²) >= 11 is 0. The van der Waals surface area contributed by atoms with Gasteiger partial charge in [0, 0.05) is 0 Å². The van der Waals surface area contributed by atoms with Crippen molar-refractivity contribution < 1.29 is 31.2 Å². The summed E-state index contributed by atoms with van der Waals surface area (Å²) in [6.45, 7) is 5.59. The average molecular weight is 354 g/mol. The zero-order valence-corrected chi connectivity index (χ0v) is 15.9. The van der Waals surface area contributed by atoms with Gasteiger partial charge in [-0.05, 0) is 20.8 Å². The average Bonchev–Trinajstić information content (AvgIpc) is 2.51. The van der Waals surface area contributed by atoms with Crippen molar-refractivity contribution in [2.75, 3.05) is 0 Å². The van der Waals surface area contributed by atoms with Gasteiger partial charge in [-0.2, -0.15) is 5.57 Å². The number of allylic oxidation sites excluding steroid dienone is 1. The zero-order chi connectivity index (χ0) is 16.7. The maximum absolute atomic E-state index is 11.9. The summed E-state index contributed by atoms with van der Waals surface area (Å²) in [5, 5.41) is 0. The van der Waals surface area contributed by atoms with Gasteiger partial charge in [-0.25, -0.2) is 0 Å². The summed E-state index contributed by atoms with van der Waals surface area (Å²) in [6, 6.07) is 19.9. The smallest absolute Gasteiger partial charge is 0.483 e. The van der Waals surface area contributed by atoms with Crippen LogP contribution < -0.4 is 0 Å². The van der Waals surface area contributed by atoms with E-state index in [9.17, 15) is 4.79 Å². The first kappa shape index (κ1) is 20.3. The molecule has 0 spiro atoms. The fourth-order valence-corrected chi connectivity index (χ4v) is 2.10. The van der Waals surface area contributed by atoms with Crippen LogP contribution in [-0.4, -0.2) is 11.6 Å². The SMILES string of the molecule is CC(C)(C)OC(=O)[CH-]CC(=[C-]c1ccccc1)c1ccccc1.[Ti+2]. The standard InChI is InChI=1S/C21H22O2.Ti/c1-21(2,3)23-20(22)15-14-19(18-12-8-5-9-13-18)16-17-10-6-4-7-11-17;/h4-13,15H,14H2,1-3H3;/q-2;+2. The van der Waals surface area contributed by atoms with E-state index < -0.39 is 5.60 Å². The van der Waals surface area contributed by atoms with Crippen molar-refractivity contribution in [2.45, 2.75) is 32.8 Å². The summed E-state index contributed by atoms with van der Waals surface area (Å²) in [5.41, 5.74) is 2.52. The molecule has 0 saturated carbocycles. The molecule has 2 aromatic rings. The van der Waals surface area contributed by atoms with Crippen LogP contribution in [-0.2, 0) is 31.2 Å². The summed E-state index contributed by atoms with van der Waals surface area (Å²) in [5.74, 6) is -0.305. The Hall–Kier alpha value is -1.77. The number of hydrogen-bond acceptors (Lipinski definition) is 2. The number of ether oxygens (including phenoxy) is 1. The maximum atomic E-state index is 11.9. The van der Waals surface area contributed by atoms with Crippen LogP contribution in [0.15, 0.2) is 60.7 Å². The zero-order valence-electron chi connectivity index (χ0n) is 14.4. The molecule has 2 aromatic carbocycles. The molecule has 0 aromatic heterocycles. The number of benzene rings is 2. The van der Waals surface area contributed by atoms with E-state index >= 15 is 0 Å². The molecule has 0 amide bonds. The molecular weight excluding hydrogens is 332 g/mol. The molecule has 3 heteroatoms. The molecule has 0 saturated heterocycles. The summed E-state index contributed by atoms with van der Waals surface area (Å²) in [6.07, 6.45) is 5.44. The van der Waals surface area contributed by atoms with Gasteiger partial charge in [0.25, 0.3) is 0 Å². The molecule has 0 heterocycles. The van der Waals surface area contributed by atoms with Crippen molar-refractivity contribution in [3.05, 3.63) is 84.3 Å².